The quantitative estimate of drug-likeness (QED) is 0.811. The van der Waals surface area contributed by atoms with Crippen LogP contribution in [-0.2, 0) is 9.53 Å². The van der Waals surface area contributed by atoms with Crippen molar-refractivity contribution in [2.24, 2.45) is 5.41 Å². The van der Waals surface area contributed by atoms with Crippen LogP contribution in [-0.4, -0.2) is 28.8 Å². The minimum Gasteiger partial charge on any atom is -0.481 e. The smallest absolute Gasteiger partial charge is 0.407 e. The summed E-state index contributed by atoms with van der Waals surface area (Å²) >= 11 is 0. The number of carboxylic acid groups (broad SMARTS) is 1. The van der Waals surface area contributed by atoms with Gasteiger partial charge < -0.3 is 15.2 Å². The normalized spacial score (nSPS) is 34.4. The highest BCUT2D eigenvalue weighted by atomic mass is 16.6. The second-order valence-electron chi connectivity index (χ2n) is 5.94. The number of carbonyl (C=O) groups is 2. The zero-order chi connectivity index (χ0) is 13.4. The molecular weight excluding hydrogens is 234 g/mol. The number of hydrogen-bond acceptors (Lipinski definition) is 3. The van der Waals surface area contributed by atoms with Gasteiger partial charge in [-0.25, -0.2) is 4.79 Å². The van der Waals surface area contributed by atoms with Gasteiger partial charge >= 0.3 is 12.1 Å². The summed E-state index contributed by atoms with van der Waals surface area (Å²) in [6.07, 6.45) is 3.69. The lowest BCUT2D eigenvalue weighted by atomic mass is 9.57. The fourth-order valence-corrected chi connectivity index (χ4v) is 3.15. The average molecular weight is 255 g/mol. The summed E-state index contributed by atoms with van der Waals surface area (Å²) in [7, 11) is 0. The van der Waals surface area contributed by atoms with E-state index in [-0.39, 0.29) is 17.7 Å². The molecule has 2 bridgehead atoms. The van der Waals surface area contributed by atoms with Crippen molar-refractivity contribution in [3.63, 3.8) is 0 Å². The SMILES string of the molecule is CC(C)OC(=O)NC12CCC(C(=O)O)(CC1)CC2. The molecule has 3 rings (SSSR count). The molecule has 0 aromatic heterocycles. The van der Waals surface area contributed by atoms with Crippen LogP contribution >= 0.6 is 0 Å². The molecule has 0 aromatic carbocycles. The number of ether oxygens (including phenoxy) is 1. The maximum atomic E-state index is 11.7. The van der Waals surface area contributed by atoms with Crippen molar-refractivity contribution in [1.29, 1.82) is 0 Å². The summed E-state index contributed by atoms with van der Waals surface area (Å²) in [5.74, 6) is -0.680. The van der Waals surface area contributed by atoms with E-state index in [1.807, 2.05) is 13.8 Å². The zero-order valence-electron chi connectivity index (χ0n) is 11.0. The van der Waals surface area contributed by atoms with Gasteiger partial charge in [-0.05, 0) is 52.4 Å². The van der Waals surface area contributed by atoms with Crippen molar-refractivity contribution in [3.05, 3.63) is 0 Å². The fraction of sp³-hybridized carbons (Fsp3) is 0.846. The Kier molecular flexibility index (Phi) is 3.25. The van der Waals surface area contributed by atoms with Crippen LogP contribution in [0.2, 0.25) is 0 Å². The van der Waals surface area contributed by atoms with Crippen LogP contribution in [0.3, 0.4) is 0 Å². The van der Waals surface area contributed by atoms with E-state index >= 15 is 0 Å². The van der Waals surface area contributed by atoms with E-state index in [0.717, 1.165) is 19.3 Å². The Labute approximate surface area is 107 Å². The standard InChI is InChI=1S/C13H21NO4/c1-9(2)18-11(17)14-13-6-3-12(4-7-13,5-8-13)10(15)16/h9H,3-8H2,1-2H3,(H,14,17)(H,15,16). The molecule has 0 saturated heterocycles. The summed E-state index contributed by atoms with van der Waals surface area (Å²) in [6.45, 7) is 3.63. The molecule has 0 radical (unpaired) electrons. The number of alkyl carbamates (subject to hydrolysis) is 1. The number of aliphatic carboxylic acids is 1. The summed E-state index contributed by atoms with van der Waals surface area (Å²) in [5, 5.41) is 12.2. The molecule has 0 spiro atoms. The van der Waals surface area contributed by atoms with Gasteiger partial charge in [0.25, 0.3) is 0 Å². The minimum atomic E-state index is -0.680. The lowest BCUT2D eigenvalue weighted by molar-refractivity contribution is -0.156. The predicted molar refractivity (Wildman–Crippen MR) is 65.3 cm³/mol. The predicted octanol–water partition coefficient (Wildman–Crippen LogP) is 2.30. The third-order valence-electron chi connectivity index (χ3n) is 4.41. The number of hydrogen-bond donors (Lipinski definition) is 2. The summed E-state index contributed by atoms with van der Waals surface area (Å²) in [6, 6.07) is 0. The number of nitrogens with one attached hydrogen (secondary N) is 1. The number of carboxylic acids is 1. The van der Waals surface area contributed by atoms with Gasteiger partial charge in [-0.2, -0.15) is 0 Å². The third-order valence-corrected chi connectivity index (χ3v) is 4.41. The van der Waals surface area contributed by atoms with Crippen LogP contribution in [0.25, 0.3) is 0 Å². The highest BCUT2D eigenvalue weighted by molar-refractivity contribution is 5.75. The lowest BCUT2D eigenvalue weighted by Gasteiger charge is -2.51. The highest BCUT2D eigenvalue weighted by Gasteiger charge is 2.53. The van der Waals surface area contributed by atoms with E-state index in [0.29, 0.717) is 19.3 Å². The molecule has 2 N–H and O–H groups in total. The molecule has 3 saturated carbocycles. The van der Waals surface area contributed by atoms with Crippen molar-refractivity contribution >= 4 is 12.1 Å². The molecule has 3 aliphatic carbocycles. The number of amides is 1. The molecule has 3 aliphatic rings. The molecular formula is C13H21NO4. The highest BCUT2D eigenvalue weighted by Crippen LogP contribution is 2.52. The molecule has 1 amide bonds. The van der Waals surface area contributed by atoms with Crippen LogP contribution in [0, 0.1) is 5.41 Å². The molecule has 18 heavy (non-hydrogen) atoms. The Morgan fingerprint density at radius 1 is 1.11 bits per heavy atom. The summed E-state index contributed by atoms with van der Waals surface area (Å²) in [4.78, 5) is 23.0. The van der Waals surface area contributed by atoms with E-state index in [4.69, 9.17) is 4.74 Å². The Morgan fingerprint density at radius 2 is 1.61 bits per heavy atom. The van der Waals surface area contributed by atoms with Gasteiger partial charge in [-0.3, -0.25) is 4.79 Å². The Balaban J connectivity index is 1.97. The topological polar surface area (TPSA) is 75.6 Å². The van der Waals surface area contributed by atoms with Crippen LogP contribution < -0.4 is 5.32 Å². The van der Waals surface area contributed by atoms with Gasteiger partial charge in [0.2, 0.25) is 0 Å². The first kappa shape index (κ1) is 13.2. The lowest BCUT2D eigenvalue weighted by Crippen LogP contribution is -2.58. The minimum absolute atomic E-state index is 0.133. The summed E-state index contributed by atoms with van der Waals surface area (Å²) < 4.78 is 5.10. The van der Waals surface area contributed by atoms with E-state index in [1.165, 1.54) is 0 Å². The van der Waals surface area contributed by atoms with Crippen LogP contribution in [0.15, 0.2) is 0 Å². The van der Waals surface area contributed by atoms with Crippen molar-refractivity contribution < 1.29 is 19.4 Å². The van der Waals surface area contributed by atoms with Crippen LogP contribution in [0.5, 0.6) is 0 Å². The largest absolute Gasteiger partial charge is 0.481 e. The monoisotopic (exact) mass is 255 g/mol. The zero-order valence-corrected chi connectivity index (χ0v) is 11.0. The van der Waals surface area contributed by atoms with Gasteiger partial charge in [0, 0.05) is 5.54 Å². The van der Waals surface area contributed by atoms with Gasteiger partial charge in [-0.1, -0.05) is 0 Å². The van der Waals surface area contributed by atoms with E-state index in [2.05, 4.69) is 5.32 Å². The van der Waals surface area contributed by atoms with Crippen molar-refractivity contribution in [2.45, 2.75) is 64.0 Å². The fourth-order valence-electron chi connectivity index (χ4n) is 3.15. The average Bonchev–Trinajstić information content (AvgIpc) is 2.29. The van der Waals surface area contributed by atoms with Crippen molar-refractivity contribution in [1.82, 2.24) is 5.32 Å². The molecule has 0 heterocycles. The van der Waals surface area contributed by atoms with Gasteiger partial charge in [-0.15, -0.1) is 0 Å². The van der Waals surface area contributed by atoms with Crippen molar-refractivity contribution in [3.8, 4) is 0 Å². The molecule has 5 heteroatoms. The van der Waals surface area contributed by atoms with E-state index in [1.54, 1.807) is 0 Å². The van der Waals surface area contributed by atoms with E-state index in [9.17, 15) is 14.7 Å². The molecule has 0 aliphatic heterocycles. The van der Waals surface area contributed by atoms with Gasteiger partial charge in [0.15, 0.2) is 0 Å². The van der Waals surface area contributed by atoms with Crippen molar-refractivity contribution in [2.75, 3.05) is 0 Å². The number of fused-ring (bicyclic) bond motifs is 3. The molecule has 5 nitrogen and oxygen atoms in total. The molecule has 0 atom stereocenters. The molecule has 3 fully saturated rings. The van der Waals surface area contributed by atoms with Gasteiger partial charge in [0.05, 0.1) is 11.5 Å². The summed E-state index contributed by atoms with van der Waals surface area (Å²) in [5.41, 5.74) is -0.769. The molecule has 0 aromatic rings. The van der Waals surface area contributed by atoms with Crippen LogP contribution in [0.4, 0.5) is 4.79 Å². The van der Waals surface area contributed by atoms with E-state index < -0.39 is 11.4 Å². The number of carbonyl (C=O) groups excluding carboxylic acids is 1. The van der Waals surface area contributed by atoms with Gasteiger partial charge in [0.1, 0.15) is 0 Å². The number of rotatable bonds is 3. The third kappa shape index (κ3) is 2.31. The first-order valence-electron chi connectivity index (χ1n) is 6.60. The molecule has 102 valence electrons. The maximum Gasteiger partial charge on any atom is 0.407 e. The Morgan fingerprint density at radius 3 is 2.00 bits per heavy atom. The second-order valence-corrected chi connectivity index (χ2v) is 5.94. The molecule has 0 unspecified atom stereocenters. The Hall–Kier alpha value is -1.26. The maximum absolute atomic E-state index is 11.7. The second kappa shape index (κ2) is 4.44. The first-order chi connectivity index (χ1) is 8.38. The Bertz CT molecular complexity index is 339. The van der Waals surface area contributed by atoms with Crippen LogP contribution in [0.1, 0.15) is 52.4 Å². The first-order valence-corrected chi connectivity index (χ1v) is 6.60.